The van der Waals surface area contributed by atoms with Crippen LogP contribution < -0.4 is 5.32 Å². The van der Waals surface area contributed by atoms with E-state index >= 15 is 0 Å². The van der Waals surface area contributed by atoms with Crippen molar-refractivity contribution in [3.05, 3.63) is 35.4 Å². The normalized spacial score (nSPS) is 21.5. The molecule has 0 bridgehead atoms. The molecule has 22 heavy (non-hydrogen) atoms. The molecule has 2 atom stereocenters. The van der Waals surface area contributed by atoms with Crippen LogP contribution in [0.5, 0.6) is 0 Å². The first kappa shape index (κ1) is 15.2. The minimum atomic E-state index is 0.0588. The average Bonchev–Trinajstić information content (AvgIpc) is 3.23. The van der Waals surface area contributed by atoms with Crippen molar-refractivity contribution in [2.24, 2.45) is 0 Å². The van der Waals surface area contributed by atoms with E-state index in [4.69, 9.17) is 9.47 Å². The zero-order valence-electron chi connectivity index (χ0n) is 13.1. The van der Waals surface area contributed by atoms with Crippen LogP contribution in [-0.4, -0.2) is 46.3 Å². The summed E-state index contributed by atoms with van der Waals surface area (Å²) in [5, 5.41) is 15.0. The summed E-state index contributed by atoms with van der Waals surface area (Å²) < 4.78 is 12.9. The third kappa shape index (κ3) is 3.37. The van der Waals surface area contributed by atoms with E-state index in [0.29, 0.717) is 12.6 Å². The zero-order valence-corrected chi connectivity index (χ0v) is 13.1. The van der Waals surface area contributed by atoms with Gasteiger partial charge in [0.25, 0.3) is 0 Å². The van der Waals surface area contributed by atoms with Crippen LogP contribution in [0.2, 0.25) is 0 Å². The molecule has 0 radical (unpaired) electrons. The van der Waals surface area contributed by atoms with Gasteiger partial charge in [-0.05, 0) is 13.3 Å². The number of methoxy groups -OCH3 is 1. The van der Waals surface area contributed by atoms with Crippen LogP contribution in [0.1, 0.15) is 29.3 Å². The van der Waals surface area contributed by atoms with Gasteiger partial charge in [0.2, 0.25) is 0 Å². The molecule has 1 aliphatic heterocycles. The van der Waals surface area contributed by atoms with Crippen molar-refractivity contribution in [3.8, 4) is 0 Å². The Hall–Kier alpha value is -1.70. The summed E-state index contributed by atoms with van der Waals surface area (Å²) in [4.78, 5) is 0. The van der Waals surface area contributed by atoms with Gasteiger partial charge < -0.3 is 14.8 Å². The van der Waals surface area contributed by atoms with E-state index in [1.165, 1.54) is 5.56 Å². The maximum absolute atomic E-state index is 5.90. The number of nitrogens with zero attached hydrogens (tertiary/aromatic N) is 3. The third-order valence-corrected chi connectivity index (χ3v) is 4.09. The molecular weight excluding hydrogens is 282 g/mol. The number of aryl methyl sites for hydroxylation is 1. The fourth-order valence-electron chi connectivity index (χ4n) is 2.76. The smallest absolute Gasteiger partial charge is 0.101 e. The number of rotatable bonds is 7. The van der Waals surface area contributed by atoms with E-state index in [9.17, 15) is 0 Å². The molecule has 0 saturated carbocycles. The van der Waals surface area contributed by atoms with E-state index in [0.717, 1.165) is 37.4 Å². The van der Waals surface area contributed by atoms with Gasteiger partial charge in [0.05, 0.1) is 25.5 Å². The van der Waals surface area contributed by atoms with Crippen molar-refractivity contribution < 1.29 is 9.47 Å². The molecular formula is C15H23N5O2. The highest BCUT2D eigenvalue weighted by Crippen LogP contribution is 2.29. The van der Waals surface area contributed by atoms with Crippen molar-refractivity contribution in [3.63, 3.8) is 0 Å². The number of ether oxygens (including phenoxy) is 2. The number of aromatic nitrogens is 4. The molecule has 0 aliphatic carbocycles. The molecule has 0 amide bonds. The zero-order chi connectivity index (χ0) is 15.4. The lowest BCUT2D eigenvalue weighted by molar-refractivity contribution is 0.0983. The molecule has 2 aromatic heterocycles. The van der Waals surface area contributed by atoms with Crippen LogP contribution in [0.25, 0.3) is 0 Å². The second kappa shape index (κ2) is 7.04. The number of H-pyrrole nitrogens is 1. The second-order valence-electron chi connectivity index (χ2n) is 5.62. The SMILES string of the molecule is COCCn1cc([C@H]2OCC[C@@H]2NCc2cn[nH]c2C)cn1. The van der Waals surface area contributed by atoms with Gasteiger partial charge in [-0.15, -0.1) is 0 Å². The summed E-state index contributed by atoms with van der Waals surface area (Å²) in [7, 11) is 1.70. The molecule has 0 spiro atoms. The van der Waals surface area contributed by atoms with Crippen LogP contribution in [0.15, 0.2) is 18.6 Å². The molecule has 1 fully saturated rings. The lowest BCUT2D eigenvalue weighted by Crippen LogP contribution is -2.31. The maximum Gasteiger partial charge on any atom is 0.101 e. The monoisotopic (exact) mass is 305 g/mol. The topological polar surface area (TPSA) is 77.0 Å². The van der Waals surface area contributed by atoms with Gasteiger partial charge in [0, 0.05) is 49.3 Å². The summed E-state index contributed by atoms with van der Waals surface area (Å²) in [5.74, 6) is 0. The molecule has 0 unspecified atom stereocenters. The fraction of sp³-hybridized carbons (Fsp3) is 0.600. The Balaban J connectivity index is 1.60. The summed E-state index contributed by atoms with van der Waals surface area (Å²) in [6.07, 6.45) is 6.88. The number of aromatic amines is 1. The van der Waals surface area contributed by atoms with Crippen molar-refractivity contribution in [2.75, 3.05) is 20.3 Å². The van der Waals surface area contributed by atoms with E-state index in [1.54, 1.807) is 7.11 Å². The van der Waals surface area contributed by atoms with E-state index < -0.39 is 0 Å². The predicted molar refractivity (Wildman–Crippen MR) is 81.4 cm³/mol. The van der Waals surface area contributed by atoms with Crippen LogP contribution in [0, 0.1) is 6.92 Å². The van der Waals surface area contributed by atoms with Gasteiger partial charge in [-0.2, -0.15) is 10.2 Å². The highest BCUT2D eigenvalue weighted by molar-refractivity contribution is 5.16. The Bertz CT molecular complexity index is 594. The second-order valence-corrected chi connectivity index (χ2v) is 5.62. The highest BCUT2D eigenvalue weighted by Gasteiger charge is 2.30. The molecule has 3 rings (SSSR count). The Labute approximate surface area is 130 Å². The molecule has 2 aromatic rings. The van der Waals surface area contributed by atoms with Gasteiger partial charge in [-0.1, -0.05) is 0 Å². The Morgan fingerprint density at radius 1 is 1.50 bits per heavy atom. The first-order valence-electron chi connectivity index (χ1n) is 7.63. The lowest BCUT2D eigenvalue weighted by Gasteiger charge is -2.18. The van der Waals surface area contributed by atoms with Crippen LogP contribution in [0.4, 0.5) is 0 Å². The summed E-state index contributed by atoms with van der Waals surface area (Å²) >= 11 is 0. The van der Waals surface area contributed by atoms with Crippen LogP contribution in [-0.2, 0) is 22.6 Å². The van der Waals surface area contributed by atoms with Crippen molar-refractivity contribution >= 4 is 0 Å². The number of hydrogen-bond donors (Lipinski definition) is 2. The lowest BCUT2D eigenvalue weighted by atomic mass is 10.1. The van der Waals surface area contributed by atoms with Gasteiger partial charge in [0.15, 0.2) is 0 Å². The molecule has 120 valence electrons. The Kier molecular flexibility index (Phi) is 4.87. The van der Waals surface area contributed by atoms with Gasteiger partial charge in [-0.25, -0.2) is 0 Å². The standard InChI is InChI=1S/C15H23N5O2/c1-11-12(8-17-19-11)7-16-14-3-5-22-15(14)13-9-18-20(10-13)4-6-21-2/h8-10,14-16H,3-7H2,1-2H3,(H,17,19)/t14-,15+/m0/s1. The minimum absolute atomic E-state index is 0.0588. The third-order valence-electron chi connectivity index (χ3n) is 4.09. The van der Waals surface area contributed by atoms with Crippen LogP contribution in [0.3, 0.4) is 0 Å². The van der Waals surface area contributed by atoms with Crippen molar-refractivity contribution in [2.45, 2.75) is 38.6 Å². The van der Waals surface area contributed by atoms with Crippen molar-refractivity contribution in [1.82, 2.24) is 25.3 Å². The maximum atomic E-state index is 5.90. The molecule has 2 N–H and O–H groups in total. The Morgan fingerprint density at radius 3 is 3.18 bits per heavy atom. The molecule has 0 aromatic carbocycles. The highest BCUT2D eigenvalue weighted by atomic mass is 16.5. The molecule has 3 heterocycles. The summed E-state index contributed by atoms with van der Waals surface area (Å²) in [6.45, 7) is 5.02. The molecule has 1 aliphatic rings. The van der Waals surface area contributed by atoms with E-state index in [1.807, 2.05) is 30.2 Å². The van der Waals surface area contributed by atoms with Gasteiger partial charge in [-0.3, -0.25) is 9.78 Å². The number of nitrogens with one attached hydrogen (secondary N) is 2. The summed E-state index contributed by atoms with van der Waals surface area (Å²) in [6, 6.07) is 0.300. The quantitative estimate of drug-likeness (QED) is 0.803. The average molecular weight is 305 g/mol. The van der Waals surface area contributed by atoms with Crippen molar-refractivity contribution in [1.29, 1.82) is 0 Å². The molecule has 7 heteroatoms. The molecule has 1 saturated heterocycles. The van der Waals surface area contributed by atoms with Crippen LogP contribution >= 0.6 is 0 Å². The summed E-state index contributed by atoms with van der Waals surface area (Å²) in [5.41, 5.74) is 3.42. The van der Waals surface area contributed by atoms with Gasteiger partial charge in [0.1, 0.15) is 6.10 Å². The Morgan fingerprint density at radius 2 is 2.41 bits per heavy atom. The first-order valence-corrected chi connectivity index (χ1v) is 7.63. The van der Waals surface area contributed by atoms with E-state index in [2.05, 4.69) is 20.6 Å². The minimum Gasteiger partial charge on any atom is -0.383 e. The first-order chi connectivity index (χ1) is 10.8. The predicted octanol–water partition coefficient (Wildman–Crippen LogP) is 1.18. The van der Waals surface area contributed by atoms with E-state index in [-0.39, 0.29) is 6.10 Å². The largest absolute Gasteiger partial charge is 0.383 e. The molecule has 7 nitrogen and oxygen atoms in total. The number of hydrogen-bond acceptors (Lipinski definition) is 5. The fourth-order valence-corrected chi connectivity index (χ4v) is 2.76. The van der Waals surface area contributed by atoms with Gasteiger partial charge >= 0.3 is 0 Å².